The Bertz CT molecular complexity index is 942. The van der Waals surface area contributed by atoms with Gasteiger partial charge in [-0.25, -0.2) is 4.98 Å². The molecule has 1 aliphatic heterocycles. The van der Waals surface area contributed by atoms with Crippen LogP contribution in [0.5, 0.6) is 0 Å². The molecule has 2 aromatic rings. The summed E-state index contributed by atoms with van der Waals surface area (Å²) in [5.74, 6) is -0.416. The topological polar surface area (TPSA) is 101 Å². The van der Waals surface area contributed by atoms with Crippen LogP contribution in [0.3, 0.4) is 0 Å². The van der Waals surface area contributed by atoms with Crippen molar-refractivity contribution in [2.75, 3.05) is 29.9 Å². The molecule has 1 aromatic carbocycles. The van der Waals surface area contributed by atoms with Gasteiger partial charge in [0.25, 0.3) is 0 Å². The summed E-state index contributed by atoms with van der Waals surface area (Å²) in [5.41, 5.74) is 2.62. The first-order valence-electron chi connectivity index (χ1n) is 10.9. The van der Waals surface area contributed by atoms with Gasteiger partial charge in [-0.05, 0) is 56.0 Å². The quantitative estimate of drug-likeness (QED) is 0.627. The maximum absolute atomic E-state index is 13.1. The van der Waals surface area contributed by atoms with Crippen molar-refractivity contribution in [1.29, 1.82) is 0 Å². The van der Waals surface area contributed by atoms with Crippen molar-refractivity contribution in [3.05, 3.63) is 53.7 Å². The number of anilines is 2. The molecule has 1 fully saturated rings. The van der Waals surface area contributed by atoms with Gasteiger partial charge < -0.3 is 20.3 Å². The molecule has 32 heavy (non-hydrogen) atoms. The molecule has 1 aliphatic rings. The van der Waals surface area contributed by atoms with E-state index in [1.165, 1.54) is 4.90 Å². The predicted octanol–water partition coefficient (Wildman–Crippen LogP) is 2.75. The van der Waals surface area contributed by atoms with E-state index in [4.69, 9.17) is 4.74 Å². The number of carbonyl (C=O) groups is 3. The summed E-state index contributed by atoms with van der Waals surface area (Å²) in [6.07, 6.45) is 3.50. The highest BCUT2D eigenvalue weighted by atomic mass is 16.5. The molecule has 170 valence electrons. The maximum atomic E-state index is 13.1. The Kier molecular flexibility index (Phi) is 8.33. The third-order valence-electron chi connectivity index (χ3n) is 5.52. The Morgan fingerprint density at radius 2 is 1.94 bits per heavy atom. The van der Waals surface area contributed by atoms with Crippen LogP contribution < -0.4 is 15.5 Å². The Balaban J connectivity index is 1.64. The number of aryl methyl sites for hydroxylation is 1. The molecule has 0 radical (unpaired) electrons. The van der Waals surface area contributed by atoms with Crippen molar-refractivity contribution in [2.24, 2.45) is 0 Å². The van der Waals surface area contributed by atoms with Crippen LogP contribution in [0.4, 0.5) is 11.5 Å². The van der Waals surface area contributed by atoms with Gasteiger partial charge in [0.15, 0.2) is 0 Å². The third-order valence-corrected chi connectivity index (χ3v) is 5.52. The number of ether oxygens (including phenoxy) is 1. The summed E-state index contributed by atoms with van der Waals surface area (Å²) in [6, 6.07) is 10.8. The highest BCUT2D eigenvalue weighted by molar-refractivity contribution is 6.01. The van der Waals surface area contributed by atoms with E-state index in [-0.39, 0.29) is 43.2 Å². The lowest BCUT2D eigenvalue weighted by atomic mass is 10.1. The molecule has 3 rings (SSSR count). The first-order valence-corrected chi connectivity index (χ1v) is 10.9. The lowest BCUT2D eigenvalue weighted by Crippen LogP contribution is -2.43. The van der Waals surface area contributed by atoms with Crippen molar-refractivity contribution in [2.45, 2.75) is 45.6 Å². The summed E-state index contributed by atoms with van der Waals surface area (Å²) < 4.78 is 5.54. The fourth-order valence-electron chi connectivity index (χ4n) is 3.57. The first kappa shape index (κ1) is 23.4. The molecule has 0 bridgehead atoms. The van der Waals surface area contributed by atoms with Crippen molar-refractivity contribution < 1.29 is 19.1 Å². The van der Waals surface area contributed by atoms with E-state index in [0.29, 0.717) is 24.7 Å². The summed E-state index contributed by atoms with van der Waals surface area (Å²) in [5, 5.41) is 5.54. The van der Waals surface area contributed by atoms with Crippen LogP contribution in [-0.4, -0.2) is 48.5 Å². The summed E-state index contributed by atoms with van der Waals surface area (Å²) in [6.45, 7) is 4.91. The van der Waals surface area contributed by atoms with E-state index in [9.17, 15) is 14.4 Å². The number of pyridine rings is 1. The van der Waals surface area contributed by atoms with E-state index in [1.807, 2.05) is 32.0 Å². The molecule has 3 amide bonds. The van der Waals surface area contributed by atoms with Gasteiger partial charge >= 0.3 is 0 Å². The average Bonchev–Trinajstić information content (AvgIpc) is 3.31. The van der Waals surface area contributed by atoms with Gasteiger partial charge in [0.2, 0.25) is 17.7 Å². The predicted molar refractivity (Wildman–Crippen MR) is 122 cm³/mol. The van der Waals surface area contributed by atoms with Crippen molar-refractivity contribution in [3.63, 3.8) is 0 Å². The standard InChI is InChI=1S/C24H30N4O4/c1-17-7-5-9-20(18(17)2)28(16-23(30)26-15-19-8-6-14-32-19)24(31)12-11-22(29)27-21-10-3-4-13-25-21/h3-5,7,9-10,13,19H,6,8,11-12,14-16H2,1-2H3,(H,26,30)(H,25,27,29). The van der Waals surface area contributed by atoms with Crippen LogP contribution >= 0.6 is 0 Å². The minimum atomic E-state index is -0.305. The number of aromatic nitrogens is 1. The molecule has 8 heteroatoms. The van der Waals surface area contributed by atoms with Gasteiger partial charge in [0, 0.05) is 37.9 Å². The molecular weight excluding hydrogens is 408 g/mol. The van der Waals surface area contributed by atoms with Crippen LogP contribution in [0.25, 0.3) is 0 Å². The molecule has 8 nitrogen and oxygen atoms in total. The monoisotopic (exact) mass is 438 g/mol. The lowest BCUT2D eigenvalue weighted by Gasteiger charge is -2.25. The fraction of sp³-hybridized carbons (Fsp3) is 0.417. The highest BCUT2D eigenvalue weighted by Gasteiger charge is 2.23. The molecule has 1 aromatic heterocycles. The number of hydrogen-bond donors (Lipinski definition) is 2. The number of nitrogens with zero attached hydrogens (tertiary/aromatic N) is 2. The second-order valence-corrected chi connectivity index (χ2v) is 7.90. The van der Waals surface area contributed by atoms with Crippen molar-refractivity contribution in [3.8, 4) is 0 Å². The number of hydrogen-bond acceptors (Lipinski definition) is 5. The van der Waals surface area contributed by atoms with E-state index in [0.717, 1.165) is 24.0 Å². The lowest BCUT2D eigenvalue weighted by molar-refractivity contribution is -0.125. The first-order chi connectivity index (χ1) is 15.4. The summed E-state index contributed by atoms with van der Waals surface area (Å²) in [7, 11) is 0. The molecule has 1 atom stereocenters. The van der Waals surface area contributed by atoms with Crippen LogP contribution in [-0.2, 0) is 19.1 Å². The van der Waals surface area contributed by atoms with Crippen LogP contribution in [0.1, 0.15) is 36.8 Å². The second-order valence-electron chi connectivity index (χ2n) is 7.90. The average molecular weight is 439 g/mol. The zero-order valence-corrected chi connectivity index (χ0v) is 18.6. The molecular formula is C24H30N4O4. The number of nitrogens with one attached hydrogen (secondary N) is 2. The molecule has 1 saturated heterocycles. The molecule has 0 aliphatic carbocycles. The van der Waals surface area contributed by atoms with Crippen molar-refractivity contribution in [1.82, 2.24) is 10.3 Å². The van der Waals surface area contributed by atoms with E-state index in [1.54, 1.807) is 24.4 Å². The van der Waals surface area contributed by atoms with Crippen LogP contribution in [0.2, 0.25) is 0 Å². The highest BCUT2D eigenvalue weighted by Crippen LogP contribution is 2.24. The SMILES string of the molecule is Cc1cccc(N(CC(=O)NCC2CCCO2)C(=O)CCC(=O)Nc2ccccn2)c1C. The second kappa shape index (κ2) is 11.4. The van der Waals surface area contributed by atoms with E-state index in [2.05, 4.69) is 15.6 Å². The Morgan fingerprint density at radius 1 is 1.09 bits per heavy atom. The van der Waals surface area contributed by atoms with Gasteiger partial charge in [-0.3, -0.25) is 14.4 Å². The number of benzene rings is 1. The van der Waals surface area contributed by atoms with Gasteiger partial charge in [0.05, 0.1) is 6.10 Å². The molecule has 2 N–H and O–H groups in total. The van der Waals surface area contributed by atoms with Gasteiger partial charge in [-0.2, -0.15) is 0 Å². The number of rotatable bonds is 9. The summed E-state index contributed by atoms with van der Waals surface area (Å²) >= 11 is 0. The number of amides is 3. The van der Waals surface area contributed by atoms with E-state index < -0.39 is 0 Å². The molecule has 2 heterocycles. The Morgan fingerprint density at radius 3 is 2.66 bits per heavy atom. The third kappa shape index (κ3) is 6.62. The fourth-order valence-corrected chi connectivity index (χ4v) is 3.57. The summed E-state index contributed by atoms with van der Waals surface area (Å²) in [4.78, 5) is 43.5. The minimum absolute atomic E-state index is 0.00565. The minimum Gasteiger partial charge on any atom is -0.376 e. The largest absolute Gasteiger partial charge is 0.376 e. The zero-order chi connectivity index (χ0) is 22.9. The Hall–Kier alpha value is -3.26. The molecule has 0 saturated carbocycles. The number of carbonyl (C=O) groups excluding carboxylic acids is 3. The van der Waals surface area contributed by atoms with Gasteiger partial charge in [-0.1, -0.05) is 18.2 Å². The van der Waals surface area contributed by atoms with Crippen LogP contribution in [0.15, 0.2) is 42.6 Å². The van der Waals surface area contributed by atoms with Gasteiger partial charge in [0.1, 0.15) is 12.4 Å². The Labute approximate surface area is 188 Å². The van der Waals surface area contributed by atoms with Gasteiger partial charge in [-0.15, -0.1) is 0 Å². The van der Waals surface area contributed by atoms with Crippen molar-refractivity contribution >= 4 is 29.2 Å². The molecule has 1 unspecified atom stereocenters. The van der Waals surface area contributed by atoms with Crippen LogP contribution in [0, 0.1) is 13.8 Å². The zero-order valence-electron chi connectivity index (χ0n) is 18.6. The smallest absolute Gasteiger partial charge is 0.240 e. The van der Waals surface area contributed by atoms with E-state index >= 15 is 0 Å². The normalized spacial score (nSPS) is 15.2. The maximum Gasteiger partial charge on any atom is 0.240 e. The molecule has 0 spiro atoms.